The molecule has 0 saturated carbocycles. The van der Waals surface area contributed by atoms with E-state index >= 15 is 0 Å². The number of hydrogen-bond donors (Lipinski definition) is 6. The Kier molecular flexibility index (Phi) is 11.3. The van der Waals surface area contributed by atoms with Crippen molar-refractivity contribution in [2.24, 2.45) is 0 Å². The first-order chi connectivity index (χ1) is 19.7. The molecular formula is C31H44N4O7. The minimum Gasteiger partial charge on any atom is -0.444 e. The Labute approximate surface area is 247 Å². The van der Waals surface area contributed by atoms with E-state index in [9.17, 15) is 24.6 Å². The van der Waals surface area contributed by atoms with Crippen molar-refractivity contribution in [2.75, 3.05) is 13.1 Å². The summed E-state index contributed by atoms with van der Waals surface area (Å²) in [5.74, 6) is -0.477. The van der Waals surface area contributed by atoms with Crippen molar-refractivity contribution >= 4 is 18.1 Å². The van der Waals surface area contributed by atoms with Crippen molar-refractivity contribution < 1.29 is 34.1 Å². The molecule has 11 nitrogen and oxygen atoms in total. The van der Waals surface area contributed by atoms with Crippen LogP contribution in [-0.4, -0.2) is 82.9 Å². The van der Waals surface area contributed by atoms with Gasteiger partial charge in [-0.15, -0.1) is 0 Å². The zero-order chi connectivity index (χ0) is 30.9. The Balaban J connectivity index is 1.64. The molecule has 42 heavy (non-hydrogen) atoms. The van der Waals surface area contributed by atoms with Gasteiger partial charge in [-0.25, -0.2) is 9.59 Å². The van der Waals surface area contributed by atoms with Crippen LogP contribution in [0.2, 0.25) is 0 Å². The third-order valence-electron chi connectivity index (χ3n) is 6.84. The van der Waals surface area contributed by atoms with Gasteiger partial charge in [0, 0.05) is 13.1 Å². The van der Waals surface area contributed by atoms with E-state index in [0.717, 1.165) is 11.1 Å². The molecule has 1 saturated heterocycles. The molecule has 0 radical (unpaired) electrons. The Hall–Kier alpha value is -3.67. The van der Waals surface area contributed by atoms with Crippen LogP contribution >= 0.6 is 0 Å². The molecule has 2 unspecified atom stereocenters. The van der Waals surface area contributed by atoms with Crippen LogP contribution in [0.1, 0.15) is 45.7 Å². The number of nitrogens with one attached hydrogen (secondary N) is 4. The Bertz CT molecular complexity index is 1170. The summed E-state index contributed by atoms with van der Waals surface area (Å²) in [6.07, 6.45) is -2.69. The molecule has 1 heterocycles. The number of amides is 3. The molecule has 6 N–H and O–H groups in total. The molecule has 0 bridgehead atoms. The highest BCUT2D eigenvalue weighted by molar-refractivity contribution is 5.89. The fourth-order valence-electron chi connectivity index (χ4n) is 4.69. The number of aliphatic hydroxyl groups is 2. The lowest BCUT2D eigenvalue weighted by atomic mass is 9.96. The molecule has 0 spiro atoms. The third-order valence-corrected chi connectivity index (χ3v) is 6.84. The van der Waals surface area contributed by atoms with E-state index in [1.807, 2.05) is 60.7 Å². The van der Waals surface area contributed by atoms with Crippen molar-refractivity contribution in [3.05, 3.63) is 71.8 Å². The van der Waals surface area contributed by atoms with Gasteiger partial charge in [0.1, 0.15) is 11.2 Å². The summed E-state index contributed by atoms with van der Waals surface area (Å²) in [7, 11) is 0. The molecule has 1 fully saturated rings. The van der Waals surface area contributed by atoms with E-state index in [4.69, 9.17) is 9.47 Å². The second-order valence-electron chi connectivity index (χ2n) is 12.1. The standard InChI is InChI=1S/C31H44N4O7/c1-30(2,3)41-28(39)34-23(17-21-14-10-7-11-15-21)25(37)19-32-18-24(36)22(16-20-12-8-6-9-13-20)33-27(38)26-31(4,5)42-29(40)35-26/h6-15,22-26,32,36-37H,16-19H2,1-5H3,(H,33,38)(H,34,39)(H,35,40)/t22-,23+,24?,25+,26?/m1/s1. The molecule has 3 rings (SSSR count). The molecule has 1 aliphatic rings. The van der Waals surface area contributed by atoms with E-state index in [-0.39, 0.29) is 13.1 Å². The first-order valence-corrected chi connectivity index (χ1v) is 14.2. The quantitative estimate of drug-likeness (QED) is 0.209. The van der Waals surface area contributed by atoms with Crippen LogP contribution in [0.5, 0.6) is 0 Å². The predicted octanol–water partition coefficient (Wildman–Crippen LogP) is 2.05. The Morgan fingerprint density at radius 1 is 0.905 bits per heavy atom. The maximum Gasteiger partial charge on any atom is 0.408 e. The SMILES string of the molecule is CC(C)(C)OC(=O)N[C@@H](Cc1ccccc1)[C@@H](O)CNCC(O)[C@@H](Cc1ccccc1)NC(=O)C1NC(=O)OC1(C)C. The number of cyclic esters (lactones) is 1. The van der Waals surface area contributed by atoms with Crippen molar-refractivity contribution in [3.8, 4) is 0 Å². The summed E-state index contributed by atoms with van der Waals surface area (Å²) < 4.78 is 10.6. The van der Waals surface area contributed by atoms with Crippen LogP contribution < -0.4 is 21.3 Å². The van der Waals surface area contributed by atoms with Crippen LogP contribution in [0.15, 0.2) is 60.7 Å². The molecular weight excluding hydrogens is 540 g/mol. The van der Waals surface area contributed by atoms with E-state index in [0.29, 0.717) is 12.8 Å². The summed E-state index contributed by atoms with van der Waals surface area (Å²) in [6.45, 7) is 8.65. The van der Waals surface area contributed by atoms with Gasteiger partial charge in [-0.3, -0.25) is 4.79 Å². The number of rotatable bonds is 13. The summed E-state index contributed by atoms with van der Waals surface area (Å²) >= 11 is 0. The molecule has 1 aliphatic heterocycles. The maximum absolute atomic E-state index is 13.1. The third kappa shape index (κ3) is 10.3. The summed E-state index contributed by atoms with van der Waals surface area (Å²) in [6, 6.07) is 16.6. The van der Waals surface area contributed by atoms with Gasteiger partial charge in [-0.1, -0.05) is 60.7 Å². The lowest BCUT2D eigenvalue weighted by Crippen LogP contribution is -2.57. The van der Waals surface area contributed by atoms with Crippen molar-refractivity contribution in [2.45, 2.75) is 89.0 Å². The number of ether oxygens (including phenoxy) is 2. The largest absolute Gasteiger partial charge is 0.444 e. The van der Waals surface area contributed by atoms with E-state index in [1.54, 1.807) is 34.6 Å². The zero-order valence-electron chi connectivity index (χ0n) is 24.9. The molecule has 2 aromatic rings. The van der Waals surface area contributed by atoms with E-state index in [1.165, 1.54) is 0 Å². The van der Waals surface area contributed by atoms with Gasteiger partial charge in [-0.05, 0) is 58.6 Å². The molecule has 5 atom stereocenters. The highest BCUT2D eigenvalue weighted by Crippen LogP contribution is 2.22. The highest BCUT2D eigenvalue weighted by Gasteiger charge is 2.46. The van der Waals surface area contributed by atoms with Gasteiger partial charge >= 0.3 is 12.2 Å². The second-order valence-corrected chi connectivity index (χ2v) is 12.1. The Morgan fingerprint density at radius 3 is 1.81 bits per heavy atom. The molecule has 2 aromatic carbocycles. The number of hydrogen-bond acceptors (Lipinski definition) is 8. The first kappa shape index (κ1) is 32.8. The van der Waals surface area contributed by atoms with Crippen molar-refractivity contribution in [1.29, 1.82) is 0 Å². The van der Waals surface area contributed by atoms with Crippen LogP contribution in [0.3, 0.4) is 0 Å². The highest BCUT2D eigenvalue weighted by atomic mass is 16.6. The summed E-state index contributed by atoms with van der Waals surface area (Å²) in [5.41, 5.74) is 0.0717. The predicted molar refractivity (Wildman–Crippen MR) is 158 cm³/mol. The second kappa shape index (κ2) is 14.5. The number of benzene rings is 2. The zero-order valence-corrected chi connectivity index (χ0v) is 24.9. The topological polar surface area (TPSA) is 158 Å². The van der Waals surface area contributed by atoms with Gasteiger partial charge in [0.15, 0.2) is 6.04 Å². The van der Waals surface area contributed by atoms with Crippen LogP contribution in [0, 0.1) is 0 Å². The van der Waals surface area contributed by atoms with Gasteiger partial charge in [0.2, 0.25) is 5.91 Å². The molecule has 11 heteroatoms. The van der Waals surface area contributed by atoms with Crippen molar-refractivity contribution in [1.82, 2.24) is 21.3 Å². The van der Waals surface area contributed by atoms with Crippen molar-refractivity contribution in [3.63, 3.8) is 0 Å². The van der Waals surface area contributed by atoms with Crippen LogP contribution in [0.25, 0.3) is 0 Å². The number of aliphatic hydroxyl groups excluding tert-OH is 2. The minimum atomic E-state index is -1.05. The average Bonchev–Trinajstić information content (AvgIpc) is 3.19. The number of alkyl carbamates (subject to hydrolysis) is 2. The summed E-state index contributed by atoms with van der Waals surface area (Å²) in [5, 5.41) is 33.4. The first-order valence-electron chi connectivity index (χ1n) is 14.2. The molecule has 0 aliphatic carbocycles. The molecule has 0 aromatic heterocycles. The maximum atomic E-state index is 13.1. The fraction of sp³-hybridized carbons (Fsp3) is 0.516. The van der Waals surface area contributed by atoms with Gasteiger partial charge in [0.05, 0.1) is 24.3 Å². The lowest BCUT2D eigenvalue weighted by molar-refractivity contribution is -0.127. The number of carbonyl (C=O) groups is 3. The van der Waals surface area contributed by atoms with Crippen LogP contribution in [-0.2, 0) is 27.1 Å². The monoisotopic (exact) mass is 584 g/mol. The van der Waals surface area contributed by atoms with Gasteiger partial charge in [0.25, 0.3) is 0 Å². The van der Waals surface area contributed by atoms with Gasteiger partial charge < -0.3 is 41.0 Å². The molecule has 230 valence electrons. The Morgan fingerprint density at radius 2 is 1.38 bits per heavy atom. The number of carbonyl (C=O) groups excluding carboxylic acids is 3. The smallest absolute Gasteiger partial charge is 0.408 e. The van der Waals surface area contributed by atoms with Crippen LogP contribution in [0.4, 0.5) is 9.59 Å². The normalized spacial score (nSPS) is 19.0. The lowest BCUT2D eigenvalue weighted by Gasteiger charge is -2.30. The average molecular weight is 585 g/mol. The van der Waals surface area contributed by atoms with E-state index < -0.39 is 59.6 Å². The summed E-state index contributed by atoms with van der Waals surface area (Å²) in [4.78, 5) is 37.4. The van der Waals surface area contributed by atoms with E-state index in [2.05, 4.69) is 21.3 Å². The minimum absolute atomic E-state index is 0.0379. The fourth-order valence-corrected chi connectivity index (χ4v) is 4.69. The van der Waals surface area contributed by atoms with Gasteiger partial charge in [-0.2, -0.15) is 0 Å². The molecule has 3 amide bonds.